The highest BCUT2D eigenvalue weighted by Gasteiger charge is 2.13. The lowest BCUT2D eigenvalue weighted by atomic mass is 10.0. The molecule has 2 unspecified atom stereocenters. The fraction of sp³-hybridized carbons (Fsp3) is 0.538. The van der Waals surface area contributed by atoms with Crippen molar-refractivity contribution >= 4 is 16.5 Å². The Balaban J connectivity index is 2.62. The first-order valence-corrected chi connectivity index (χ1v) is 7.93. The lowest BCUT2D eigenvalue weighted by Crippen LogP contribution is -2.21. The molecule has 106 valence electrons. The molecule has 0 heterocycles. The van der Waals surface area contributed by atoms with Gasteiger partial charge in [0.2, 0.25) is 0 Å². The van der Waals surface area contributed by atoms with E-state index in [1.165, 1.54) is 0 Å². The van der Waals surface area contributed by atoms with E-state index >= 15 is 0 Å². The summed E-state index contributed by atoms with van der Waals surface area (Å²) < 4.78 is 10.9. The first kappa shape index (κ1) is 15.8. The van der Waals surface area contributed by atoms with E-state index in [1.54, 1.807) is 25.3 Å². The first-order valence-electron chi connectivity index (χ1n) is 6.20. The lowest BCUT2D eigenvalue weighted by Gasteiger charge is -2.14. The molecule has 5 nitrogen and oxygen atoms in total. The minimum absolute atomic E-state index is 0.0459. The van der Waals surface area contributed by atoms with E-state index in [4.69, 9.17) is 0 Å². The minimum atomic E-state index is -0.767. The summed E-state index contributed by atoms with van der Waals surface area (Å²) in [7, 11) is -0.767. The molecule has 0 aliphatic carbocycles. The maximum atomic E-state index is 10.9. The van der Waals surface area contributed by atoms with Crippen LogP contribution in [0.5, 0.6) is 0 Å². The second kappa shape index (κ2) is 7.35. The van der Waals surface area contributed by atoms with E-state index in [1.807, 2.05) is 13.0 Å². The van der Waals surface area contributed by atoms with E-state index in [2.05, 4.69) is 5.32 Å². The average Bonchev–Trinajstić information content (AvgIpc) is 2.34. The summed E-state index contributed by atoms with van der Waals surface area (Å²) >= 11 is 0. The summed E-state index contributed by atoms with van der Waals surface area (Å²) in [6.45, 7) is 4.45. The van der Waals surface area contributed by atoms with Crippen LogP contribution in [0.25, 0.3) is 0 Å². The van der Waals surface area contributed by atoms with Gasteiger partial charge in [-0.2, -0.15) is 0 Å². The zero-order chi connectivity index (χ0) is 14.4. The predicted octanol–water partition coefficient (Wildman–Crippen LogP) is 2.32. The average molecular weight is 284 g/mol. The first-order chi connectivity index (χ1) is 8.91. The molecule has 0 radical (unpaired) electrons. The summed E-state index contributed by atoms with van der Waals surface area (Å²) in [5, 5.41) is 14.2. The molecule has 19 heavy (non-hydrogen) atoms. The van der Waals surface area contributed by atoms with Gasteiger partial charge in [0.15, 0.2) is 0 Å². The van der Waals surface area contributed by atoms with E-state index in [-0.39, 0.29) is 16.7 Å². The molecule has 2 atom stereocenters. The zero-order valence-corrected chi connectivity index (χ0v) is 12.3. The molecule has 1 N–H and O–H groups in total. The highest BCUT2D eigenvalue weighted by atomic mass is 32.2. The third-order valence-corrected chi connectivity index (χ3v) is 3.85. The number of rotatable bonds is 7. The van der Waals surface area contributed by atoms with Crippen molar-refractivity contribution in [2.45, 2.75) is 26.3 Å². The Morgan fingerprint density at radius 2 is 2.16 bits per heavy atom. The van der Waals surface area contributed by atoms with Crippen LogP contribution in [0.3, 0.4) is 0 Å². The van der Waals surface area contributed by atoms with Gasteiger partial charge in [-0.05, 0) is 32.4 Å². The number of hydrogen-bond acceptors (Lipinski definition) is 4. The van der Waals surface area contributed by atoms with Gasteiger partial charge < -0.3 is 5.32 Å². The Labute approximate surface area is 116 Å². The van der Waals surface area contributed by atoms with Gasteiger partial charge in [0.25, 0.3) is 5.69 Å². The van der Waals surface area contributed by atoms with Crippen LogP contribution in [-0.4, -0.2) is 27.7 Å². The molecule has 0 spiro atoms. The molecule has 0 aliphatic rings. The summed E-state index contributed by atoms with van der Waals surface area (Å²) in [5.41, 5.74) is 1.72. The van der Waals surface area contributed by atoms with Gasteiger partial charge in [-0.3, -0.25) is 14.3 Å². The van der Waals surface area contributed by atoms with Crippen LogP contribution >= 0.6 is 0 Å². The molecule has 0 bridgehead atoms. The number of benzene rings is 1. The molecule has 0 amide bonds. The molecule has 0 aromatic heterocycles. The van der Waals surface area contributed by atoms with Crippen LogP contribution in [-0.2, 0) is 10.8 Å². The predicted molar refractivity (Wildman–Crippen MR) is 77.8 cm³/mol. The van der Waals surface area contributed by atoms with Gasteiger partial charge in [-0.1, -0.05) is 12.1 Å². The van der Waals surface area contributed by atoms with Crippen LogP contribution in [0.1, 0.15) is 30.5 Å². The lowest BCUT2D eigenvalue weighted by molar-refractivity contribution is -0.385. The zero-order valence-electron chi connectivity index (χ0n) is 11.5. The summed E-state index contributed by atoms with van der Waals surface area (Å²) in [6.07, 6.45) is 2.52. The van der Waals surface area contributed by atoms with Crippen LogP contribution in [0.15, 0.2) is 18.2 Å². The SMILES string of the molecule is Cc1ccc(C(C)NCCCS(C)=O)cc1[N+](=O)[O-]. The summed E-state index contributed by atoms with van der Waals surface area (Å²) in [6, 6.07) is 5.33. The second-order valence-corrected chi connectivity index (χ2v) is 6.16. The van der Waals surface area contributed by atoms with Gasteiger partial charge in [-0.25, -0.2) is 0 Å². The minimum Gasteiger partial charge on any atom is -0.310 e. The number of aryl methyl sites for hydroxylation is 1. The smallest absolute Gasteiger partial charge is 0.272 e. The van der Waals surface area contributed by atoms with Crippen LogP contribution in [0.4, 0.5) is 5.69 Å². The Hall–Kier alpha value is -1.27. The molecule has 6 heteroatoms. The molecule has 0 saturated heterocycles. The topological polar surface area (TPSA) is 72.2 Å². The molecule has 0 aliphatic heterocycles. The van der Waals surface area contributed by atoms with Gasteiger partial charge in [-0.15, -0.1) is 0 Å². The van der Waals surface area contributed by atoms with E-state index in [0.717, 1.165) is 18.5 Å². The largest absolute Gasteiger partial charge is 0.310 e. The van der Waals surface area contributed by atoms with Gasteiger partial charge in [0.05, 0.1) is 4.92 Å². The highest BCUT2D eigenvalue weighted by molar-refractivity contribution is 7.84. The van der Waals surface area contributed by atoms with Crippen LogP contribution in [0, 0.1) is 17.0 Å². The Morgan fingerprint density at radius 1 is 1.47 bits per heavy atom. The van der Waals surface area contributed by atoms with E-state index in [9.17, 15) is 14.3 Å². The van der Waals surface area contributed by atoms with Crippen molar-refractivity contribution in [2.75, 3.05) is 18.6 Å². The van der Waals surface area contributed by atoms with E-state index < -0.39 is 10.8 Å². The molecular weight excluding hydrogens is 264 g/mol. The van der Waals surface area contributed by atoms with Crippen molar-refractivity contribution in [3.63, 3.8) is 0 Å². The van der Waals surface area contributed by atoms with Crippen LogP contribution < -0.4 is 5.32 Å². The third kappa shape index (κ3) is 5.08. The molecule has 1 aromatic carbocycles. The summed E-state index contributed by atoms with van der Waals surface area (Å²) in [5.74, 6) is 0.674. The standard InChI is InChI=1S/C13H20N2O3S/c1-10-5-6-12(9-13(10)15(16)17)11(2)14-7-4-8-19(3)18/h5-6,9,11,14H,4,7-8H2,1-3H3. The highest BCUT2D eigenvalue weighted by Crippen LogP contribution is 2.23. The fourth-order valence-electron chi connectivity index (χ4n) is 1.80. The molecular formula is C13H20N2O3S. The number of nitro benzene ring substituents is 1. The molecule has 1 rings (SSSR count). The Bertz CT molecular complexity index is 477. The van der Waals surface area contributed by atoms with E-state index in [0.29, 0.717) is 11.3 Å². The van der Waals surface area contributed by atoms with Crippen molar-refractivity contribution in [3.05, 3.63) is 39.4 Å². The number of nitrogens with zero attached hydrogens (tertiary/aromatic N) is 1. The second-order valence-electron chi connectivity index (χ2n) is 4.61. The quantitative estimate of drug-likeness (QED) is 0.474. The third-order valence-electron chi connectivity index (χ3n) is 2.99. The Kier molecular flexibility index (Phi) is 6.11. The fourth-order valence-corrected chi connectivity index (χ4v) is 2.36. The van der Waals surface area contributed by atoms with Crippen molar-refractivity contribution in [1.29, 1.82) is 0 Å². The normalized spacial score (nSPS) is 14.1. The Morgan fingerprint density at radius 3 is 2.74 bits per heavy atom. The van der Waals surface area contributed by atoms with Gasteiger partial charge in [0, 0.05) is 40.5 Å². The number of hydrogen-bond donors (Lipinski definition) is 1. The summed E-state index contributed by atoms with van der Waals surface area (Å²) in [4.78, 5) is 10.5. The van der Waals surface area contributed by atoms with Crippen molar-refractivity contribution in [3.8, 4) is 0 Å². The number of nitrogens with one attached hydrogen (secondary N) is 1. The van der Waals surface area contributed by atoms with Crippen molar-refractivity contribution < 1.29 is 9.13 Å². The molecule has 0 saturated carbocycles. The molecule has 1 aromatic rings. The molecule has 0 fully saturated rings. The maximum Gasteiger partial charge on any atom is 0.272 e. The van der Waals surface area contributed by atoms with Crippen molar-refractivity contribution in [2.24, 2.45) is 0 Å². The van der Waals surface area contributed by atoms with Crippen molar-refractivity contribution in [1.82, 2.24) is 5.32 Å². The maximum absolute atomic E-state index is 10.9. The van der Waals surface area contributed by atoms with Gasteiger partial charge >= 0.3 is 0 Å². The number of nitro groups is 1. The van der Waals surface area contributed by atoms with Gasteiger partial charge in [0.1, 0.15) is 0 Å². The van der Waals surface area contributed by atoms with Crippen LogP contribution in [0.2, 0.25) is 0 Å². The monoisotopic (exact) mass is 284 g/mol.